The van der Waals surface area contributed by atoms with Gasteiger partial charge in [-0.05, 0) is 25.5 Å². The molecule has 0 saturated heterocycles. The summed E-state index contributed by atoms with van der Waals surface area (Å²) < 4.78 is 10.4. The van der Waals surface area contributed by atoms with Crippen LogP contribution in [0.3, 0.4) is 0 Å². The molecule has 0 spiro atoms. The molecule has 2 N–H and O–H groups in total. The molecule has 2 rings (SSSR count). The second-order valence-corrected chi connectivity index (χ2v) is 3.93. The van der Waals surface area contributed by atoms with Crippen LogP contribution in [-0.2, 0) is 6.42 Å². The van der Waals surface area contributed by atoms with Crippen molar-refractivity contribution in [2.75, 3.05) is 12.8 Å². The highest BCUT2D eigenvalue weighted by atomic mass is 16.5. The first-order valence-electron chi connectivity index (χ1n) is 5.56. The Bertz CT molecular complexity index is 532. The van der Waals surface area contributed by atoms with Crippen LogP contribution in [0.25, 0.3) is 11.3 Å². The first kappa shape index (κ1) is 11.5. The van der Waals surface area contributed by atoms with Crippen LogP contribution in [0.2, 0.25) is 0 Å². The van der Waals surface area contributed by atoms with Crippen molar-refractivity contribution in [2.24, 2.45) is 0 Å². The number of hydrogen-bond donors (Lipinski definition) is 1. The zero-order chi connectivity index (χ0) is 12.4. The smallest absolute Gasteiger partial charge is 0.225 e. The minimum atomic E-state index is 0.381. The van der Waals surface area contributed by atoms with Gasteiger partial charge in [0.25, 0.3) is 0 Å². The summed E-state index contributed by atoms with van der Waals surface area (Å²) in [6, 6.07) is 5.95. The molecular weight excluding hydrogens is 216 g/mol. The van der Waals surface area contributed by atoms with E-state index in [-0.39, 0.29) is 0 Å². The van der Waals surface area contributed by atoms with E-state index >= 15 is 0 Å². The lowest BCUT2D eigenvalue weighted by Crippen LogP contribution is -1.93. The van der Waals surface area contributed by atoms with Gasteiger partial charge >= 0.3 is 0 Å². The molecule has 0 aliphatic carbocycles. The molecule has 0 unspecified atom stereocenters. The Balaban J connectivity index is 2.62. The summed E-state index contributed by atoms with van der Waals surface area (Å²) in [7, 11) is 1.64. The van der Waals surface area contributed by atoms with Crippen molar-refractivity contribution in [1.82, 2.24) is 5.16 Å². The molecule has 1 heterocycles. The lowest BCUT2D eigenvalue weighted by Gasteiger charge is -2.08. The van der Waals surface area contributed by atoms with Crippen molar-refractivity contribution < 1.29 is 9.26 Å². The minimum absolute atomic E-state index is 0.381. The maximum Gasteiger partial charge on any atom is 0.225 e. The molecule has 0 aliphatic heterocycles. The summed E-state index contributed by atoms with van der Waals surface area (Å²) in [6.45, 7) is 4.05. The van der Waals surface area contributed by atoms with Crippen molar-refractivity contribution in [3.63, 3.8) is 0 Å². The maximum absolute atomic E-state index is 5.75. The minimum Gasteiger partial charge on any atom is -0.496 e. The maximum atomic E-state index is 5.75. The summed E-state index contributed by atoms with van der Waals surface area (Å²) in [5.74, 6) is 1.16. The fourth-order valence-electron chi connectivity index (χ4n) is 1.88. The Kier molecular flexibility index (Phi) is 3.04. The third-order valence-corrected chi connectivity index (χ3v) is 2.78. The Morgan fingerprint density at radius 1 is 1.41 bits per heavy atom. The van der Waals surface area contributed by atoms with E-state index in [1.54, 1.807) is 7.11 Å². The van der Waals surface area contributed by atoms with Crippen molar-refractivity contribution >= 4 is 5.88 Å². The Morgan fingerprint density at radius 3 is 2.82 bits per heavy atom. The molecule has 2 aromatic rings. The number of nitrogen functional groups attached to an aromatic ring is 1. The van der Waals surface area contributed by atoms with Crippen LogP contribution in [0, 0.1) is 6.92 Å². The molecule has 4 heteroatoms. The van der Waals surface area contributed by atoms with Crippen molar-refractivity contribution in [3.8, 4) is 17.0 Å². The van der Waals surface area contributed by atoms with Gasteiger partial charge in [-0.2, -0.15) is 0 Å². The van der Waals surface area contributed by atoms with E-state index in [1.807, 2.05) is 32.0 Å². The normalized spacial score (nSPS) is 10.5. The zero-order valence-corrected chi connectivity index (χ0v) is 10.3. The van der Waals surface area contributed by atoms with Gasteiger partial charge in [0.1, 0.15) is 11.4 Å². The molecule has 17 heavy (non-hydrogen) atoms. The summed E-state index contributed by atoms with van der Waals surface area (Å²) in [5.41, 5.74) is 9.51. The van der Waals surface area contributed by atoms with E-state index in [0.717, 1.165) is 34.6 Å². The van der Waals surface area contributed by atoms with Gasteiger partial charge in [0.15, 0.2) is 0 Å². The molecule has 0 saturated carbocycles. The van der Waals surface area contributed by atoms with E-state index in [2.05, 4.69) is 5.16 Å². The first-order chi connectivity index (χ1) is 8.17. The van der Waals surface area contributed by atoms with Gasteiger partial charge in [-0.15, -0.1) is 0 Å². The molecule has 0 amide bonds. The quantitative estimate of drug-likeness (QED) is 0.883. The number of aryl methyl sites for hydroxylation is 1. The number of hydrogen-bond acceptors (Lipinski definition) is 4. The van der Waals surface area contributed by atoms with E-state index < -0.39 is 0 Å². The monoisotopic (exact) mass is 232 g/mol. The standard InChI is InChI=1S/C13H16N2O2/c1-4-9-12(15-17-13(9)14)10-7-8(2)5-6-11(10)16-3/h5-7H,4,14H2,1-3H3. The Morgan fingerprint density at radius 2 is 2.18 bits per heavy atom. The average Bonchev–Trinajstić information content (AvgIpc) is 2.70. The third-order valence-electron chi connectivity index (χ3n) is 2.78. The van der Waals surface area contributed by atoms with Crippen LogP contribution in [0.5, 0.6) is 5.75 Å². The summed E-state index contributed by atoms with van der Waals surface area (Å²) in [6.07, 6.45) is 0.780. The van der Waals surface area contributed by atoms with Crippen LogP contribution in [0.4, 0.5) is 5.88 Å². The van der Waals surface area contributed by atoms with Crippen molar-refractivity contribution in [3.05, 3.63) is 29.3 Å². The fourth-order valence-corrected chi connectivity index (χ4v) is 1.88. The number of nitrogens with two attached hydrogens (primary N) is 1. The van der Waals surface area contributed by atoms with Gasteiger partial charge in [-0.25, -0.2) is 0 Å². The van der Waals surface area contributed by atoms with Gasteiger partial charge in [0, 0.05) is 11.1 Å². The number of benzene rings is 1. The molecule has 1 aromatic carbocycles. The second-order valence-electron chi connectivity index (χ2n) is 3.93. The lowest BCUT2D eigenvalue weighted by atomic mass is 10.0. The molecule has 1 aromatic heterocycles. The van der Waals surface area contributed by atoms with Gasteiger partial charge in [-0.3, -0.25) is 0 Å². The van der Waals surface area contributed by atoms with Crippen molar-refractivity contribution in [1.29, 1.82) is 0 Å². The Labute approximate surface area is 100 Å². The highest BCUT2D eigenvalue weighted by Gasteiger charge is 2.17. The predicted molar refractivity (Wildman–Crippen MR) is 67.0 cm³/mol. The SMILES string of the molecule is CCc1c(-c2cc(C)ccc2OC)noc1N. The van der Waals surface area contributed by atoms with Crippen LogP contribution in [0.1, 0.15) is 18.1 Å². The number of ether oxygens (including phenoxy) is 1. The van der Waals surface area contributed by atoms with Gasteiger partial charge in [0.2, 0.25) is 5.88 Å². The summed E-state index contributed by atoms with van der Waals surface area (Å²) in [5, 5.41) is 4.03. The van der Waals surface area contributed by atoms with E-state index in [9.17, 15) is 0 Å². The second kappa shape index (κ2) is 4.49. The van der Waals surface area contributed by atoms with Crippen LogP contribution < -0.4 is 10.5 Å². The van der Waals surface area contributed by atoms with Crippen LogP contribution in [0.15, 0.2) is 22.7 Å². The highest BCUT2D eigenvalue weighted by molar-refractivity contribution is 5.73. The van der Waals surface area contributed by atoms with E-state index in [1.165, 1.54) is 0 Å². The number of methoxy groups -OCH3 is 1. The molecular formula is C13H16N2O2. The summed E-state index contributed by atoms with van der Waals surface area (Å²) >= 11 is 0. The van der Waals surface area contributed by atoms with E-state index in [0.29, 0.717) is 5.88 Å². The highest BCUT2D eigenvalue weighted by Crippen LogP contribution is 2.34. The number of nitrogens with zero attached hydrogens (tertiary/aromatic N) is 1. The molecule has 0 atom stereocenters. The lowest BCUT2D eigenvalue weighted by molar-refractivity contribution is 0.414. The van der Waals surface area contributed by atoms with Crippen molar-refractivity contribution in [2.45, 2.75) is 20.3 Å². The van der Waals surface area contributed by atoms with Gasteiger partial charge in [0.05, 0.1) is 7.11 Å². The average molecular weight is 232 g/mol. The first-order valence-corrected chi connectivity index (χ1v) is 5.56. The molecule has 0 bridgehead atoms. The topological polar surface area (TPSA) is 61.3 Å². The molecule has 4 nitrogen and oxygen atoms in total. The predicted octanol–water partition coefficient (Wildman–Crippen LogP) is 2.80. The van der Waals surface area contributed by atoms with E-state index in [4.69, 9.17) is 15.0 Å². The fraction of sp³-hybridized carbons (Fsp3) is 0.308. The molecule has 0 radical (unpaired) electrons. The molecule has 0 fully saturated rings. The number of anilines is 1. The third kappa shape index (κ3) is 1.98. The Hall–Kier alpha value is -1.97. The van der Waals surface area contributed by atoms with Gasteiger partial charge in [-0.1, -0.05) is 23.7 Å². The van der Waals surface area contributed by atoms with Gasteiger partial charge < -0.3 is 15.0 Å². The number of aromatic nitrogens is 1. The number of rotatable bonds is 3. The van der Waals surface area contributed by atoms with Crippen LogP contribution >= 0.6 is 0 Å². The molecule has 0 aliphatic rings. The largest absolute Gasteiger partial charge is 0.496 e. The zero-order valence-electron chi connectivity index (χ0n) is 10.3. The molecule has 90 valence electrons. The van der Waals surface area contributed by atoms with Crippen LogP contribution in [-0.4, -0.2) is 12.3 Å². The summed E-state index contributed by atoms with van der Waals surface area (Å²) in [4.78, 5) is 0.